The second-order valence-corrected chi connectivity index (χ2v) is 22.2. The highest BCUT2D eigenvalue weighted by Crippen LogP contribution is 2.42. The number of aromatic nitrogens is 6. The van der Waals surface area contributed by atoms with Crippen LogP contribution in [0.5, 0.6) is 0 Å². The molecule has 0 radical (unpaired) electrons. The highest BCUT2D eigenvalue weighted by Gasteiger charge is 2.51. The largest absolute Gasteiger partial charge is 0.377 e. The quantitative estimate of drug-likeness (QED) is 0.175. The van der Waals surface area contributed by atoms with Crippen LogP contribution in [0.2, 0.25) is 0 Å². The van der Waals surface area contributed by atoms with Crippen molar-refractivity contribution in [3.8, 4) is 22.8 Å². The van der Waals surface area contributed by atoms with Gasteiger partial charge in [0, 0.05) is 74.2 Å². The molecule has 0 aliphatic carbocycles. The second kappa shape index (κ2) is 20.4. The predicted molar refractivity (Wildman–Crippen MR) is 283 cm³/mol. The molecule has 79 heavy (non-hydrogen) atoms. The number of amides is 3. The van der Waals surface area contributed by atoms with Crippen LogP contribution in [0.4, 0.5) is 63.2 Å². The van der Waals surface area contributed by atoms with Crippen LogP contribution in [0.3, 0.4) is 0 Å². The van der Waals surface area contributed by atoms with Gasteiger partial charge in [0.2, 0.25) is 23.8 Å². The number of ether oxygens (including phenoxy) is 4. The number of morpholine rings is 4. The van der Waals surface area contributed by atoms with E-state index in [9.17, 15) is 9.59 Å². The zero-order valence-corrected chi connectivity index (χ0v) is 43.4. The molecule has 14 rings (SSSR count). The Hall–Kier alpha value is -6.86. The first-order chi connectivity index (χ1) is 38.5. The van der Waals surface area contributed by atoms with Crippen LogP contribution in [-0.4, -0.2) is 211 Å². The maximum absolute atomic E-state index is 15.5. The molecule has 12 atom stereocenters. The Balaban J connectivity index is 0.811. The van der Waals surface area contributed by atoms with Crippen molar-refractivity contribution in [3.05, 3.63) is 78.4 Å². The Morgan fingerprint density at radius 3 is 1.18 bits per heavy atom. The Bertz CT molecular complexity index is 2830. The average Bonchev–Trinajstić information content (AvgIpc) is 4.06. The van der Waals surface area contributed by atoms with Gasteiger partial charge >= 0.3 is 6.03 Å². The van der Waals surface area contributed by atoms with Gasteiger partial charge in [0.1, 0.15) is 24.7 Å². The van der Waals surface area contributed by atoms with E-state index in [4.69, 9.17) is 48.9 Å². The molecule has 8 bridgehead atoms. The first-order valence-corrected chi connectivity index (χ1v) is 27.4. The van der Waals surface area contributed by atoms with E-state index in [1.165, 1.54) is 4.90 Å². The van der Waals surface area contributed by atoms with Crippen LogP contribution in [-0.2, 0) is 18.9 Å². The lowest BCUT2D eigenvalue weighted by molar-refractivity contribution is 0.0664. The molecule has 0 saturated carbocycles. The molecule has 3 aromatic carbocycles. The van der Waals surface area contributed by atoms with E-state index in [0.29, 0.717) is 73.3 Å². The second-order valence-electron chi connectivity index (χ2n) is 22.2. The van der Waals surface area contributed by atoms with Gasteiger partial charge in [-0.2, -0.15) is 29.9 Å². The molecular weight excluding hydrogens is 1030 g/mol. The molecule has 3 amide bonds. The molecule has 11 heterocycles. The molecule has 9 saturated heterocycles. The number of piperazine rings is 1. The molecule has 20 nitrogen and oxygen atoms in total. The summed E-state index contributed by atoms with van der Waals surface area (Å²) in [5.74, 6) is 1.63. The normalized spacial score (nSPS) is 31.0. The van der Waals surface area contributed by atoms with Crippen LogP contribution in [0.1, 0.15) is 36.0 Å². The SMILES string of the molecule is CN1CCN(C(=O)c2ccc(NC(=O)N(c3ccc(-c4nc(N5C6COCC5C(F)C6)nc(N5C6COCC5C(F)C6)n4)cc3)c3ccc(-c4nc(N5C6COCC5C(F)C6)nc(N5C6COCC5C(F)C6)n4)cc3)cc2)CC1. The standard InChI is InChI=1S/C55H60F4N14O6/c1-67-14-16-68(17-15-67)50(74)32-2-8-33(9-3-32)60-55(75)69(34-10-4-30(5-11-34)48-61-51(70-36-18-40(56)44(70)26-76-22-36)65-52(62-48)71-37-19-41(57)45(71)27-77-23-37)35-12-6-31(7-13-35)49-63-53(72-38-20-42(58)46(72)28-78-24-38)66-54(64-49)73-39-21-43(59)47(73)29-79-25-39/h2-13,36-47H,14-29H2,1H3,(H,60,75). The lowest BCUT2D eigenvalue weighted by Gasteiger charge is -2.37. The number of anilines is 7. The summed E-state index contributed by atoms with van der Waals surface area (Å²) in [7, 11) is 2.03. The summed E-state index contributed by atoms with van der Waals surface area (Å²) in [5.41, 5.74) is 3.02. The molecule has 1 N–H and O–H groups in total. The topological polar surface area (TPSA) is 183 Å². The predicted octanol–water partition coefficient (Wildman–Crippen LogP) is 5.41. The lowest BCUT2D eigenvalue weighted by atomic mass is 10.1. The Labute approximate surface area is 453 Å². The van der Waals surface area contributed by atoms with E-state index < -0.39 is 54.9 Å². The number of nitrogens with zero attached hydrogens (tertiary/aromatic N) is 13. The minimum atomic E-state index is -1.14. The molecule has 0 spiro atoms. The third kappa shape index (κ3) is 9.12. The molecule has 2 aromatic heterocycles. The number of alkyl halides is 4. The monoisotopic (exact) mass is 1090 g/mol. The van der Waals surface area contributed by atoms with Crippen LogP contribution in [0, 0.1) is 0 Å². The van der Waals surface area contributed by atoms with Crippen molar-refractivity contribution in [3.63, 3.8) is 0 Å². The Kier molecular flexibility index (Phi) is 13.0. The Morgan fingerprint density at radius 1 is 0.481 bits per heavy atom. The molecular formula is C55H60F4N14O6. The van der Waals surface area contributed by atoms with Crippen molar-refractivity contribution in [1.82, 2.24) is 39.7 Å². The molecule has 12 unspecified atom stereocenters. The average molecular weight is 1090 g/mol. The van der Waals surface area contributed by atoms with Crippen LogP contribution in [0.25, 0.3) is 22.8 Å². The number of fused-ring (bicyclic) bond motifs is 8. The van der Waals surface area contributed by atoms with E-state index in [1.807, 2.05) is 31.5 Å². The van der Waals surface area contributed by atoms with Gasteiger partial charge < -0.3 is 53.7 Å². The first-order valence-electron chi connectivity index (χ1n) is 27.4. The van der Waals surface area contributed by atoms with Crippen LogP contribution >= 0.6 is 0 Å². The molecule has 9 aliphatic rings. The van der Waals surface area contributed by atoms with E-state index in [1.54, 1.807) is 72.8 Å². The third-order valence-electron chi connectivity index (χ3n) is 17.3. The number of nitrogens with one attached hydrogen (secondary N) is 1. The number of hydrogen-bond acceptors (Lipinski definition) is 17. The zero-order valence-electron chi connectivity index (χ0n) is 43.4. The molecule has 9 aliphatic heterocycles. The van der Waals surface area contributed by atoms with E-state index in [2.05, 4.69) is 10.2 Å². The minimum Gasteiger partial charge on any atom is -0.377 e. The highest BCUT2D eigenvalue weighted by atomic mass is 19.1. The van der Waals surface area contributed by atoms with Gasteiger partial charge in [-0.25, -0.2) is 22.4 Å². The molecule has 9 fully saturated rings. The minimum absolute atomic E-state index is 0.0803. The number of benzene rings is 3. The fourth-order valence-electron chi connectivity index (χ4n) is 13.2. The maximum atomic E-state index is 15.5. The number of urea groups is 1. The summed E-state index contributed by atoms with van der Waals surface area (Å²) in [6, 6.07) is 17.0. The van der Waals surface area contributed by atoms with Crippen molar-refractivity contribution in [2.24, 2.45) is 0 Å². The van der Waals surface area contributed by atoms with Gasteiger partial charge in [0.05, 0.1) is 113 Å². The van der Waals surface area contributed by atoms with Crippen LogP contribution in [0.15, 0.2) is 72.8 Å². The zero-order chi connectivity index (χ0) is 53.6. The Morgan fingerprint density at radius 2 is 0.835 bits per heavy atom. The number of carbonyl (C=O) groups excluding carboxylic acids is 2. The fraction of sp³-hybridized carbons (Fsp3) is 0.527. The molecule has 24 heteroatoms. The smallest absolute Gasteiger partial charge is 0.330 e. The number of halogens is 4. The van der Waals surface area contributed by atoms with Gasteiger partial charge in [-0.1, -0.05) is 0 Å². The van der Waals surface area contributed by atoms with Crippen molar-refractivity contribution >= 4 is 52.8 Å². The number of likely N-dealkylation sites (N-methyl/N-ethyl adjacent to an activating group) is 1. The van der Waals surface area contributed by atoms with Gasteiger partial charge in [0.25, 0.3) is 5.91 Å². The van der Waals surface area contributed by atoms with Crippen molar-refractivity contribution in [2.45, 2.75) is 98.7 Å². The first kappa shape index (κ1) is 50.4. The number of rotatable bonds is 10. The number of carbonyl (C=O) groups is 2. The van der Waals surface area contributed by atoms with Crippen molar-refractivity contribution in [2.75, 3.05) is 116 Å². The third-order valence-corrected chi connectivity index (χ3v) is 17.3. The van der Waals surface area contributed by atoms with Crippen LogP contribution < -0.4 is 29.8 Å². The summed E-state index contributed by atoms with van der Waals surface area (Å²) < 4.78 is 84.9. The fourth-order valence-corrected chi connectivity index (χ4v) is 13.2. The summed E-state index contributed by atoms with van der Waals surface area (Å²) in [4.78, 5) is 70.9. The van der Waals surface area contributed by atoms with Gasteiger partial charge in [-0.05, 0) is 79.8 Å². The van der Waals surface area contributed by atoms with Crippen molar-refractivity contribution < 1.29 is 46.1 Å². The summed E-state index contributed by atoms with van der Waals surface area (Å²) in [6.45, 7) is 4.81. The molecule has 414 valence electrons. The van der Waals surface area contributed by atoms with Gasteiger partial charge in [0.15, 0.2) is 11.6 Å². The lowest BCUT2D eigenvalue weighted by Crippen LogP contribution is -2.50. The number of hydrogen-bond donors (Lipinski definition) is 1. The summed E-state index contributed by atoms with van der Waals surface area (Å²) in [6.07, 6.45) is -3.48. The summed E-state index contributed by atoms with van der Waals surface area (Å²) >= 11 is 0. The maximum Gasteiger partial charge on any atom is 0.330 e. The summed E-state index contributed by atoms with van der Waals surface area (Å²) in [5, 5.41) is 3.03. The molecule has 5 aromatic rings. The van der Waals surface area contributed by atoms with Crippen molar-refractivity contribution in [1.29, 1.82) is 0 Å². The van der Waals surface area contributed by atoms with E-state index >= 15 is 17.6 Å². The van der Waals surface area contributed by atoms with E-state index in [-0.39, 0.29) is 118 Å². The van der Waals surface area contributed by atoms with E-state index in [0.717, 1.165) is 13.1 Å². The van der Waals surface area contributed by atoms with Gasteiger partial charge in [-0.15, -0.1) is 0 Å². The van der Waals surface area contributed by atoms with Gasteiger partial charge in [-0.3, -0.25) is 9.69 Å². The highest BCUT2D eigenvalue weighted by molar-refractivity contribution is 6.07.